The highest BCUT2D eigenvalue weighted by Crippen LogP contribution is 2.35. The van der Waals surface area contributed by atoms with Crippen molar-refractivity contribution in [3.8, 4) is 0 Å². The van der Waals surface area contributed by atoms with Crippen LogP contribution in [0.1, 0.15) is 19.3 Å². The molecule has 1 aromatic carbocycles. The van der Waals surface area contributed by atoms with Crippen LogP contribution in [0.25, 0.3) is 0 Å². The summed E-state index contributed by atoms with van der Waals surface area (Å²) in [5.41, 5.74) is -0.552. The van der Waals surface area contributed by atoms with Gasteiger partial charge in [-0.1, -0.05) is 12.2 Å². The van der Waals surface area contributed by atoms with Gasteiger partial charge in [0.05, 0.1) is 24.1 Å². The zero-order valence-corrected chi connectivity index (χ0v) is 16.2. The van der Waals surface area contributed by atoms with Gasteiger partial charge in [0.25, 0.3) is 0 Å². The van der Waals surface area contributed by atoms with E-state index in [1.165, 1.54) is 7.05 Å². The van der Waals surface area contributed by atoms with Gasteiger partial charge in [-0.2, -0.15) is 0 Å². The van der Waals surface area contributed by atoms with Gasteiger partial charge in [0, 0.05) is 20.0 Å². The molecule has 0 radical (unpaired) electrons. The van der Waals surface area contributed by atoms with Crippen LogP contribution in [-0.4, -0.2) is 53.6 Å². The Morgan fingerprint density at radius 1 is 1.07 bits per heavy atom. The summed E-state index contributed by atoms with van der Waals surface area (Å²) in [4.78, 5) is 51.2. The molecule has 0 unspecified atom stereocenters. The second-order valence-corrected chi connectivity index (χ2v) is 7.25. The summed E-state index contributed by atoms with van der Waals surface area (Å²) in [6.45, 7) is -0.568. The second kappa shape index (κ2) is 8.68. The van der Waals surface area contributed by atoms with Crippen LogP contribution in [0.5, 0.6) is 0 Å². The summed E-state index contributed by atoms with van der Waals surface area (Å²) < 4.78 is 39.8. The van der Waals surface area contributed by atoms with Gasteiger partial charge in [0.15, 0.2) is 17.5 Å². The van der Waals surface area contributed by atoms with E-state index < -0.39 is 41.5 Å². The van der Waals surface area contributed by atoms with Gasteiger partial charge in [-0.05, 0) is 25.0 Å². The molecule has 1 N–H and O–H groups in total. The van der Waals surface area contributed by atoms with Crippen molar-refractivity contribution in [1.82, 2.24) is 9.80 Å². The summed E-state index contributed by atoms with van der Waals surface area (Å²) >= 11 is 0. The Morgan fingerprint density at radius 2 is 1.67 bits per heavy atom. The minimum Gasteiger partial charge on any atom is -0.336 e. The lowest BCUT2D eigenvalue weighted by atomic mass is 9.85. The van der Waals surface area contributed by atoms with Crippen molar-refractivity contribution in [2.75, 3.05) is 25.5 Å². The maximum absolute atomic E-state index is 13.6. The average Bonchev–Trinajstić information content (AvgIpc) is 2.97. The lowest BCUT2D eigenvalue weighted by Gasteiger charge is -2.19. The van der Waals surface area contributed by atoms with Gasteiger partial charge in [-0.15, -0.1) is 0 Å². The van der Waals surface area contributed by atoms with Crippen LogP contribution >= 0.6 is 0 Å². The van der Waals surface area contributed by atoms with E-state index in [1.54, 1.807) is 0 Å². The number of anilines is 1. The first-order chi connectivity index (χ1) is 14.2. The molecule has 0 saturated carbocycles. The van der Waals surface area contributed by atoms with Crippen LogP contribution in [0, 0.1) is 29.3 Å². The lowest BCUT2D eigenvalue weighted by Crippen LogP contribution is -2.38. The summed E-state index contributed by atoms with van der Waals surface area (Å²) in [5, 5.41) is 2.07. The lowest BCUT2D eigenvalue weighted by molar-refractivity contribution is -0.141. The molecule has 30 heavy (non-hydrogen) atoms. The molecule has 3 rings (SSSR count). The molecule has 1 aromatic rings. The van der Waals surface area contributed by atoms with Gasteiger partial charge in [-0.3, -0.25) is 24.1 Å². The summed E-state index contributed by atoms with van der Waals surface area (Å²) in [5.74, 6) is -7.33. The Morgan fingerprint density at radius 3 is 2.27 bits per heavy atom. The fourth-order valence-corrected chi connectivity index (χ4v) is 3.60. The van der Waals surface area contributed by atoms with Crippen molar-refractivity contribution in [3.63, 3.8) is 0 Å². The monoisotopic (exact) mass is 423 g/mol. The van der Waals surface area contributed by atoms with Gasteiger partial charge in [0.2, 0.25) is 23.6 Å². The number of amides is 4. The van der Waals surface area contributed by atoms with Gasteiger partial charge in [0.1, 0.15) is 0 Å². The van der Waals surface area contributed by atoms with Crippen molar-refractivity contribution in [2.45, 2.75) is 19.3 Å². The molecule has 0 aromatic heterocycles. The van der Waals surface area contributed by atoms with Crippen molar-refractivity contribution < 1.29 is 32.3 Å². The number of halogens is 3. The SMILES string of the molecule is CN(CC(=O)Nc1ccc(F)c(F)c1F)C(=O)CCN1C(=O)[C@H]2CC=CC[C@@H]2C1=O. The van der Waals surface area contributed by atoms with Crippen LogP contribution in [0.15, 0.2) is 24.3 Å². The number of rotatable bonds is 6. The molecule has 1 saturated heterocycles. The molecule has 2 atom stereocenters. The third-order valence-electron chi connectivity index (χ3n) is 5.26. The predicted octanol–water partition coefficient (Wildman–Crippen LogP) is 1.84. The van der Waals surface area contributed by atoms with Crippen LogP contribution in [0.3, 0.4) is 0 Å². The number of hydrogen-bond donors (Lipinski definition) is 1. The molecule has 10 heteroatoms. The van der Waals surface area contributed by atoms with E-state index in [9.17, 15) is 32.3 Å². The number of likely N-dealkylation sites (N-methyl/N-ethyl adjacent to an activating group) is 1. The number of likely N-dealkylation sites (tertiary alicyclic amines) is 1. The molecule has 7 nitrogen and oxygen atoms in total. The number of allylic oxidation sites excluding steroid dienone is 2. The minimum atomic E-state index is -1.71. The highest BCUT2D eigenvalue weighted by molar-refractivity contribution is 6.05. The predicted molar refractivity (Wildman–Crippen MR) is 99.3 cm³/mol. The number of carbonyl (C=O) groups excluding carboxylic acids is 4. The number of fused-ring (bicyclic) bond motifs is 1. The van der Waals surface area contributed by atoms with Crippen molar-refractivity contribution in [3.05, 3.63) is 41.7 Å². The fourth-order valence-electron chi connectivity index (χ4n) is 3.60. The Kier molecular flexibility index (Phi) is 6.23. The standard InChI is InChI=1S/C20H20F3N3O4/c1-25(10-15(27)24-14-7-6-13(21)17(22)18(14)23)16(28)8-9-26-19(29)11-4-2-3-5-12(11)20(26)30/h2-3,6-7,11-12H,4-5,8-10H2,1H3,(H,24,27)/t11-,12-/m0/s1. The number of benzene rings is 1. The van der Waals surface area contributed by atoms with Gasteiger partial charge < -0.3 is 10.2 Å². The molecule has 4 amide bonds. The third kappa shape index (κ3) is 4.22. The zero-order chi connectivity index (χ0) is 22.0. The average molecular weight is 423 g/mol. The van der Waals surface area contributed by atoms with Gasteiger partial charge in [-0.25, -0.2) is 13.2 Å². The number of nitrogens with zero attached hydrogens (tertiary/aromatic N) is 2. The van der Waals surface area contributed by atoms with E-state index in [1.807, 2.05) is 12.2 Å². The highest BCUT2D eigenvalue weighted by Gasteiger charge is 2.46. The summed E-state index contributed by atoms with van der Waals surface area (Å²) in [6, 6.07) is 1.53. The quantitative estimate of drug-likeness (QED) is 0.430. The first-order valence-corrected chi connectivity index (χ1v) is 9.38. The highest BCUT2D eigenvalue weighted by atomic mass is 19.2. The zero-order valence-electron chi connectivity index (χ0n) is 16.2. The maximum Gasteiger partial charge on any atom is 0.244 e. The Hall–Kier alpha value is -3.17. The topological polar surface area (TPSA) is 86.8 Å². The van der Waals surface area contributed by atoms with E-state index in [0.29, 0.717) is 18.9 Å². The Bertz CT molecular complexity index is 908. The third-order valence-corrected chi connectivity index (χ3v) is 5.26. The van der Waals surface area contributed by atoms with Gasteiger partial charge >= 0.3 is 0 Å². The van der Waals surface area contributed by atoms with E-state index in [-0.39, 0.29) is 36.6 Å². The molecule has 0 bridgehead atoms. The van der Waals surface area contributed by atoms with Crippen LogP contribution < -0.4 is 5.32 Å². The molecular weight excluding hydrogens is 403 g/mol. The molecular formula is C20H20F3N3O4. The molecule has 1 aliphatic carbocycles. The maximum atomic E-state index is 13.6. The van der Waals surface area contributed by atoms with Crippen LogP contribution in [-0.2, 0) is 19.2 Å². The number of carbonyl (C=O) groups is 4. The van der Waals surface area contributed by atoms with E-state index in [2.05, 4.69) is 5.32 Å². The normalized spacial score (nSPS) is 20.3. The Balaban J connectivity index is 1.51. The fraction of sp³-hybridized carbons (Fsp3) is 0.400. The molecule has 0 spiro atoms. The second-order valence-electron chi connectivity index (χ2n) is 7.25. The van der Waals surface area contributed by atoms with Crippen LogP contribution in [0.4, 0.5) is 18.9 Å². The molecule has 1 fully saturated rings. The number of nitrogens with one attached hydrogen (secondary N) is 1. The smallest absolute Gasteiger partial charge is 0.244 e. The van der Waals surface area contributed by atoms with Crippen molar-refractivity contribution in [1.29, 1.82) is 0 Å². The molecule has 1 aliphatic heterocycles. The number of hydrogen-bond acceptors (Lipinski definition) is 4. The van der Waals surface area contributed by atoms with E-state index in [0.717, 1.165) is 15.9 Å². The largest absolute Gasteiger partial charge is 0.336 e. The first kappa shape index (κ1) is 21.5. The van der Waals surface area contributed by atoms with E-state index in [4.69, 9.17) is 0 Å². The summed E-state index contributed by atoms with van der Waals surface area (Å²) in [6.07, 6.45) is 4.56. The molecule has 1 heterocycles. The van der Waals surface area contributed by atoms with E-state index >= 15 is 0 Å². The summed E-state index contributed by atoms with van der Waals surface area (Å²) in [7, 11) is 1.32. The molecule has 2 aliphatic rings. The van der Waals surface area contributed by atoms with Crippen molar-refractivity contribution >= 4 is 29.3 Å². The first-order valence-electron chi connectivity index (χ1n) is 9.38. The molecule has 160 valence electrons. The van der Waals surface area contributed by atoms with Crippen molar-refractivity contribution in [2.24, 2.45) is 11.8 Å². The number of imide groups is 1. The van der Waals surface area contributed by atoms with Crippen LogP contribution in [0.2, 0.25) is 0 Å². The minimum absolute atomic E-state index is 0.0900. The Labute approximate surface area is 170 Å².